The molecule has 0 aliphatic carbocycles. The van der Waals surface area contributed by atoms with E-state index in [0.29, 0.717) is 11.6 Å². The third-order valence-electron chi connectivity index (χ3n) is 3.33. The van der Waals surface area contributed by atoms with Gasteiger partial charge >= 0.3 is 5.97 Å². The number of benzene rings is 1. The fourth-order valence-corrected chi connectivity index (χ4v) is 2.09. The Labute approximate surface area is 144 Å². The molecular formula is C17H17N3O5. The Morgan fingerprint density at radius 2 is 2.08 bits per heavy atom. The van der Waals surface area contributed by atoms with Gasteiger partial charge in [-0.15, -0.1) is 6.42 Å². The lowest BCUT2D eigenvalue weighted by Gasteiger charge is -2.17. The summed E-state index contributed by atoms with van der Waals surface area (Å²) in [6.07, 6.45) is 5.38. The molecule has 130 valence electrons. The second-order valence-corrected chi connectivity index (χ2v) is 5.09. The van der Waals surface area contributed by atoms with Crippen LogP contribution in [0.15, 0.2) is 28.8 Å². The molecule has 0 saturated carbocycles. The molecule has 0 spiro atoms. The zero-order valence-corrected chi connectivity index (χ0v) is 13.6. The number of terminal acetylenes is 1. The molecule has 0 aliphatic heterocycles. The molecule has 1 aromatic heterocycles. The molecule has 8 heteroatoms. The molecule has 8 nitrogen and oxygen atoms in total. The van der Waals surface area contributed by atoms with Crippen molar-refractivity contribution in [2.75, 3.05) is 20.2 Å². The maximum Gasteiger partial charge on any atom is 0.323 e. The summed E-state index contributed by atoms with van der Waals surface area (Å²) in [6.45, 7) is -0.504. The van der Waals surface area contributed by atoms with E-state index in [9.17, 15) is 9.59 Å². The number of carbonyl (C=O) groups is 2. The molecule has 1 amide bonds. The standard InChI is InChI=1S/C17H17N3O5/c1-3-10-20(11-16(22)23)15(21)9-8-14-18-17(19-25-14)12-4-6-13(24-2)7-5-12/h1,4-7H,8-11H2,2H3,(H,22,23). The van der Waals surface area contributed by atoms with E-state index in [0.717, 1.165) is 10.5 Å². The molecule has 1 aromatic carbocycles. The molecule has 2 rings (SSSR count). The SMILES string of the molecule is C#CCN(CC(=O)O)C(=O)CCc1nc(-c2ccc(OC)cc2)no1. The van der Waals surface area contributed by atoms with Gasteiger partial charge in [0.15, 0.2) is 0 Å². The van der Waals surface area contributed by atoms with E-state index in [-0.39, 0.29) is 31.2 Å². The van der Waals surface area contributed by atoms with E-state index >= 15 is 0 Å². The summed E-state index contributed by atoms with van der Waals surface area (Å²) >= 11 is 0. The van der Waals surface area contributed by atoms with Crippen molar-refractivity contribution in [1.29, 1.82) is 0 Å². The Morgan fingerprint density at radius 1 is 1.36 bits per heavy atom. The maximum absolute atomic E-state index is 12.1. The second kappa shape index (κ2) is 8.49. The topological polar surface area (TPSA) is 106 Å². The van der Waals surface area contributed by atoms with E-state index in [4.69, 9.17) is 20.8 Å². The number of aromatic nitrogens is 2. The lowest BCUT2D eigenvalue weighted by Crippen LogP contribution is -2.36. The van der Waals surface area contributed by atoms with Crippen LogP contribution in [0, 0.1) is 12.3 Å². The minimum atomic E-state index is -1.12. The van der Waals surface area contributed by atoms with E-state index in [1.165, 1.54) is 0 Å². The minimum absolute atomic E-state index is 0.0270. The lowest BCUT2D eigenvalue weighted by molar-refractivity contribution is -0.144. The number of amides is 1. The molecule has 0 fully saturated rings. The highest BCUT2D eigenvalue weighted by molar-refractivity contribution is 5.81. The Kier molecular flexibility index (Phi) is 6.12. The highest BCUT2D eigenvalue weighted by Gasteiger charge is 2.17. The van der Waals surface area contributed by atoms with Crippen LogP contribution in [0.2, 0.25) is 0 Å². The van der Waals surface area contributed by atoms with Crippen molar-refractivity contribution >= 4 is 11.9 Å². The number of hydrogen-bond donors (Lipinski definition) is 1. The van der Waals surface area contributed by atoms with Crippen LogP contribution in [0.1, 0.15) is 12.3 Å². The zero-order chi connectivity index (χ0) is 18.2. The maximum atomic E-state index is 12.1. The highest BCUT2D eigenvalue weighted by Crippen LogP contribution is 2.20. The molecule has 2 aromatic rings. The molecule has 0 unspecified atom stereocenters. The molecule has 0 radical (unpaired) electrons. The number of carboxylic acids is 1. The Bertz CT molecular complexity index is 776. The van der Waals surface area contributed by atoms with Gasteiger partial charge in [0.2, 0.25) is 17.6 Å². The van der Waals surface area contributed by atoms with Gasteiger partial charge in [0.25, 0.3) is 0 Å². The van der Waals surface area contributed by atoms with Gasteiger partial charge < -0.3 is 19.3 Å². The average molecular weight is 343 g/mol. The van der Waals surface area contributed by atoms with E-state index < -0.39 is 12.5 Å². The normalized spacial score (nSPS) is 10.1. The predicted octanol–water partition coefficient (Wildman–Crippen LogP) is 1.22. The van der Waals surface area contributed by atoms with Crippen LogP contribution in [-0.4, -0.2) is 52.2 Å². The van der Waals surface area contributed by atoms with Gasteiger partial charge in [0.1, 0.15) is 12.3 Å². The van der Waals surface area contributed by atoms with Crippen molar-refractivity contribution in [3.8, 4) is 29.5 Å². The first-order valence-corrected chi connectivity index (χ1v) is 7.43. The van der Waals surface area contributed by atoms with Crippen LogP contribution in [0.5, 0.6) is 5.75 Å². The Morgan fingerprint density at radius 3 is 2.68 bits per heavy atom. The first-order valence-electron chi connectivity index (χ1n) is 7.43. The summed E-state index contributed by atoms with van der Waals surface area (Å²) < 4.78 is 10.2. The number of nitrogens with zero attached hydrogens (tertiary/aromatic N) is 3. The fraction of sp³-hybridized carbons (Fsp3) is 0.294. The first-order chi connectivity index (χ1) is 12.0. The minimum Gasteiger partial charge on any atom is -0.497 e. The largest absolute Gasteiger partial charge is 0.497 e. The first kappa shape index (κ1) is 18.0. The summed E-state index contributed by atoms with van der Waals surface area (Å²) in [5.74, 6) is 2.16. The molecule has 0 aliphatic rings. The van der Waals surface area contributed by atoms with Crippen LogP contribution in [0.3, 0.4) is 0 Å². The number of hydrogen-bond acceptors (Lipinski definition) is 6. The Balaban J connectivity index is 1.97. The van der Waals surface area contributed by atoms with Crippen LogP contribution < -0.4 is 4.74 Å². The number of ether oxygens (including phenoxy) is 1. The number of rotatable bonds is 8. The van der Waals surface area contributed by atoms with Gasteiger partial charge in [-0.25, -0.2) is 0 Å². The van der Waals surface area contributed by atoms with Crippen LogP contribution in [0.4, 0.5) is 0 Å². The van der Waals surface area contributed by atoms with Gasteiger partial charge in [-0.3, -0.25) is 9.59 Å². The summed E-state index contributed by atoms with van der Waals surface area (Å²) in [4.78, 5) is 28.1. The number of carboxylic acid groups (broad SMARTS) is 1. The molecule has 1 heterocycles. The highest BCUT2D eigenvalue weighted by atomic mass is 16.5. The number of aliphatic carboxylic acids is 1. The lowest BCUT2D eigenvalue weighted by atomic mass is 10.2. The average Bonchev–Trinajstić information content (AvgIpc) is 3.08. The third-order valence-corrected chi connectivity index (χ3v) is 3.33. The molecular weight excluding hydrogens is 326 g/mol. The van der Waals surface area contributed by atoms with Crippen LogP contribution in [0.25, 0.3) is 11.4 Å². The second-order valence-electron chi connectivity index (χ2n) is 5.09. The third kappa shape index (κ3) is 5.07. The van der Waals surface area contributed by atoms with E-state index in [1.807, 2.05) is 0 Å². The van der Waals surface area contributed by atoms with Gasteiger partial charge in [0.05, 0.1) is 13.7 Å². The van der Waals surface area contributed by atoms with Crippen molar-refractivity contribution in [1.82, 2.24) is 15.0 Å². The number of methoxy groups -OCH3 is 1. The molecule has 0 bridgehead atoms. The summed E-state index contributed by atoms with van der Waals surface area (Å²) in [5.41, 5.74) is 0.752. The number of carbonyl (C=O) groups excluding carboxylic acids is 1. The summed E-state index contributed by atoms with van der Waals surface area (Å²) in [6, 6.07) is 7.14. The van der Waals surface area contributed by atoms with Crippen molar-refractivity contribution in [2.24, 2.45) is 0 Å². The molecule has 25 heavy (non-hydrogen) atoms. The number of aryl methyl sites for hydroxylation is 1. The van der Waals surface area contributed by atoms with Gasteiger partial charge in [0, 0.05) is 18.4 Å². The summed E-state index contributed by atoms with van der Waals surface area (Å²) in [7, 11) is 1.58. The van der Waals surface area contributed by atoms with Crippen molar-refractivity contribution in [2.45, 2.75) is 12.8 Å². The van der Waals surface area contributed by atoms with Gasteiger partial charge in [-0.05, 0) is 24.3 Å². The molecule has 1 N–H and O–H groups in total. The van der Waals surface area contributed by atoms with Crippen LogP contribution in [-0.2, 0) is 16.0 Å². The van der Waals surface area contributed by atoms with Crippen LogP contribution >= 0.6 is 0 Å². The van der Waals surface area contributed by atoms with Gasteiger partial charge in [-0.2, -0.15) is 4.98 Å². The van der Waals surface area contributed by atoms with Crippen molar-refractivity contribution in [3.05, 3.63) is 30.2 Å². The zero-order valence-electron chi connectivity index (χ0n) is 13.6. The quantitative estimate of drug-likeness (QED) is 0.718. The van der Waals surface area contributed by atoms with Gasteiger partial charge in [-0.1, -0.05) is 11.1 Å². The van der Waals surface area contributed by atoms with Crippen molar-refractivity contribution in [3.63, 3.8) is 0 Å². The molecule has 0 saturated heterocycles. The van der Waals surface area contributed by atoms with E-state index in [2.05, 4.69) is 16.1 Å². The Hall–Kier alpha value is -3.34. The molecule has 0 atom stereocenters. The monoisotopic (exact) mass is 343 g/mol. The van der Waals surface area contributed by atoms with Crippen molar-refractivity contribution < 1.29 is 24.0 Å². The van der Waals surface area contributed by atoms with E-state index in [1.54, 1.807) is 31.4 Å². The predicted molar refractivity (Wildman–Crippen MR) is 87.7 cm³/mol. The smallest absolute Gasteiger partial charge is 0.323 e. The fourth-order valence-electron chi connectivity index (χ4n) is 2.09. The summed E-state index contributed by atoms with van der Waals surface area (Å²) in [5, 5.41) is 12.7.